The van der Waals surface area contributed by atoms with E-state index in [-0.39, 0.29) is 34.6 Å². The maximum Gasteiger partial charge on any atom is 0.342 e. The number of para-hydroxylation sites is 3. The van der Waals surface area contributed by atoms with Crippen LogP contribution >= 0.6 is 0 Å². The Labute approximate surface area is 274 Å². The van der Waals surface area contributed by atoms with Gasteiger partial charge >= 0.3 is 11.9 Å². The molecule has 1 N–H and O–H groups in total. The Morgan fingerprint density at radius 1 is 0.688 bits per heavy atom. The van der Waals surface area contributed by atoms with E-state index in [1.54, 1.807) is 53.2 Å². The molecule has 7 rings (SSSR count). The van der Waals surface area contributed by atoms with Crippen molar-refractivity contribution in [2.45, 2.75) is 6.54 Å². The first kappa shape index (κ1) is 30.1. The van der Waals surface area contributed by atoms with Gasteiger partial charge in [0.15, 0.2) is 0 Å². The van der Waals surface area contributed by atoms with Crippen molar-refractivity contribution in [3.63, 3.8) is 0 Å². The van der Waals surface area contributed by atoms with Crippen LogP contribution in [0.4, 0.5) is 5.69 Å². The molecule has 3 aromatic heterocycles. The van der Waals surface area contributed by atoms with Crippen molar-refractivity contribution in [1.29, 1.82) is 0 Å². The minimum atomic E-state index is -0.898. The molecule has 0 saturated carbocycles. The van der Waals surface area contributed by atoms with Crippen LogP contribution in [0, 0.1) is 0 Å². The number of nitrogens with zero attached hydrogens (tertiary/aromatic N) is 3. The third-order valence-electron chi connectivity index (χ3n) is 8.27. The predicted molar refractivity (Wildman–Crippen MR) is 181 cm³/mol. The van der Waals surface area contributed by atoms with Gasteiger partial charge in [-0.2, -0.15) is 0 Å². The quantitative estimate of drug-likeness (QED) is 0.148. The smallest absolute Gasteiger partial charge is 0.342 e. The Morgan fingerprint density at radius 3 is 2.06 bits per heavy atom. The highest BCUT2D eigenvalue weighted by atomic mass is 16.5. The lowest BCUT2D eigenvalue weighted by molar-refractivity contribution is -0.116. The number of esters is 2. The lowest BCUT2D eigenvalue weighted by Gasteiger charge is -2.11. The van der Waals surface area contributed by atoms with Gasteiger partial charge in [-0.15, -0.1) is 0 Å². The number of amides is 1. The molecule has 0 aliphatic rings. The number of carbonyl (C=O) groups is 4. The summed E-state index contributed by atoms with van der Waals surface area (Å²) >= 11 is 0. The fourth-order valence-electron chi connectivity index (χ4n) is 6.14. The van der Waals surface area contributed by atoms with Crippen molar-refractivity contribution in [1.82, 2.24) is 14.0 Å². The van der Waals surface area contributed by atoms with Crippen molar-refractivity contribution in [2.24, 2.45) is 0 Å². The molecule has 0 bridgehead atoms. The van der Waals surface area contributed by atoms with Crippen LogP contribution in [-0.4, -0.2) is 51.8 Å². The zero-order chi connectivity index (χ0) is 33.4. The maximum atomic E-state index is 14.4. The lowest BCUT2D eigenvalue weighted by Crippen LogP contribution is -2.20. The number of methoxy groups -OCH3 is 2. The standard InChI is InChI=1S/C38H28N4O6/c1-47-37(45)31-32(38(46)48-2)36-41(22-30(43)40-27-14-8-12-25-13-9-21-39-33(25)27)28-15-6-7-16-29(28)42(36)34(31)35(44)26-19-17-24(18-20-26)23-10-4-3-5-11-23/h3-21H,22H2,1-2H3,(H,40,43). The van der Waals surface area contributed by atoms with E-state index in [2.05, 4.69) is 10.3 Å². The highest BCUT2D eigenvalue weighted by molar-refractivity contribution is 6.21. The van der Waals surface area contributed by atoms with E-state index in [0.29, 0.717) is 22.2 Å². The highest BCUT2D eigenvalue weighted by Crippen LogP contribution is 2.34. The topological polar surface area (TPSA) is 121 Å². The van der Waals surface area contributed by atoms with Gasteiger partial charge in [0.05, 0.1) is 36.5 Å². The molecule has 3 heterocycles. The number of anilines is 1. The zero-order valence-electron chi connectivity index (χ0n) is 26.0. The zero-order valence-corrected chi connectivity index (χ0v) is 26.0. The van der Waals surface area contributed by atoms with Crippen molar-refractivity contribution in [2.75, 3.05) is 19.5 Å². The second kappa shape index (κ2) is 12.3. The number of nitrogens with one attached hydrogen (secondary N) is 1. The molecule has 0 radical (unpaired) electrons. The Morgan fingerprint density at radius 2 is 1.33 bits per heavy atom. The summed E-state index contributed by atoms with van der Waals surface area (Å²) in [6, 6.07) is 33.0. The number of carbonyl (C=O) groups excluding carboxylic acids is 4. The van der Waals surface area contributed by atoms with Gasteiger partial charge in [-0.25, -0.2) is 9.59 Å². The first-order valence-corrected chi connectivity index (χ1v) is 15.1. The fourth-order valence-corrected chi connectivity index (χ4v) is 6.14. The summed E-state index contributed by atoms with van der Waals surface area (Å²) in [7, 11) is 2.36. The van der Waals surface area contributed by atoms with Gasteiger partial charge in [0.1, 0.15) is 29.0 Å². The van der Waals surface area contributed by atoms with E-state index < -0.39 is 23.6 Å². The molecule has 0 fully saturated rings. The van der Waals surface area contributed by atoms with Crippen molar-refractivity contribution in [3.05, 3.63) is 138 Å². The number of hydrogen-bond donors (Lipinski definition) is 1. The minimum absolute atomic E-state index is 0.0849. The largest absolute Gasteiger partial charge is 0.465 e. The average Bonchev–Trinajstić information content (AvgIpc) is 3.64. The molecule has 0 atom stereocenters. The van der Waals surface area contributed by atoms with E-state index in [9.17, 15) is 19.2 Å². The summed E-state index contributed by atoms with van der Waals surface area (Å²) in [4.78, 5) is 59.5. The van der Waals surface area contributed by atoms with Crippen molar-refractivity contribution in [3.8, 4) is 11.1 Å². The SMILES string of the molecule is COC(=O)c1c(C(=O)OC)c2n(CC(=O)Nc3cccc4cccnc34)c3ccccc3n2c1C(=O)c1ccc(-c2ccccc2)cc1. The Kier molecular flexibility index (Phi) is 7.74. The third-order valence-corrected chi connectivity index (χ3v) is 8.27. The summed E-state index contributed by atoms with van der Waals surface area (Å²) in [5.74, 6) is -2.70. The molecule has 4 aromatic carbocycles. The molecule has 0 aliphatic carbocycles. The van der Waals surface area contributed by atoms with Gasteiger partial charge in [-0.1, -0.05) is 84.9 Å². The van der Waals surface area contributed by atoms with Gasteiger partial charge in [0.2, 0.25) is 11.7 Å². The molecule has 1 amide bonds. The number of rotatable bonds is 8. The monoisotopic (exact) mass is 636 g/mol. The van der Waals surface area contributed by atoms with Crippen LogP contribution in [0.1, 0.15) is 36.8 Å². The summed E-state index contributed by atoms with van der Waals surface area (Å²) in [5.41, 5.74) is 3.95. The maximum absolute atomic E-state index is 14.4. The summed E-state index contributed by atoms with van der Waals surface area (Å²) in [6.45, 7) is -0.270. The van der Waals surface area contributed by atoms with Crippen LogP contribution in [0.5, 0.6) is 0 Å². The molecule has 0 unspecified atom stereocenters. The molecule has 236 valence electrons. The Bertz CT molecular complexity index is 2390. The molecular weight excluding hydrogens is 608 g/mol. The number of pyridine rings is 1. The minimum Gasteiger partial charge on any atom is -0.465 e. The number of hydrogen-bond acceptors (Lipinski definition) is 7. The predicted octanol–water partition coefficient (Wildman–Crippen LogP) is 6.55. The number of benzene rings is 4. The van der Waals surface area contributed by atoms with Crippen LogP contribution in [0.25, 0.3) is 38.7 Å². The van der Waals surface area contributed by atoms with Crippen LogP contribution in [0.2, 0.25) is 0 Å². The molecular formula is C38H28N4O6. The van der Waals surface area contributed by atoms with E-state index in [1.165, 1.54) is 18.6 Å². The second-order valence-corrected chi connectivity index (χ2v) is 11.0. The summed E-state index contributed by atoms with van der Waals surface area (Å²) < 4.78 is 13.4. The van der Waals surface area contributed by atoms with Crippen LogP contribution in [0.15, 0.2) is 115 Å². The van der Waals surface area contributed by atoms with Gasteiger partial charge in [-0.05, 0) is 35.4 Å². The highest BCUT2D eigenvalue weighted by Gasteiger charge is 2.36. The Hall–Kier alpha value is -6.55. The number of ketones is 1. The van der Waals surface area contributed by atoms with Gasteiger partial charge in [0.25, 0.3) is 0 Å². The Balaban J connectivity index is 1.41. The van der Waals surface area contributed by atoms with Gasteiger partial charge in [0, 0.05) is 17.1 Å². The number of imidazole rings is 1. The van der Waals surface area contributed by atoms with Crippen LogP contribution in [-0.2, 0) is 20.8 Å². The van der Waals surface area contributed by atoms with Crippen LogP contribution < -0.4 is 5.32 Å². The van der Waals surface area contributed by atoms with E-state index in [0.717, 1.165) is 16.5 Å². The molecule has 10 heteroatoms. The number of ether oxygens (including phenoxy) is 2. The molecule has 48 heavy (non-hydrogen) atoms. The molecule has 0 aliphatic heterocycles. The molecule has 7 aromatic rings. The molecule has 0 saturated heterocycles. The normalized spacial score (nSPS) is 11.1. The lowest BCUT2D eigenvalue weighted by atomic mass is 9.99. The summed E-state index contributed by atoms with van der Waals surface area (Å²) in [6.07, 6.45) is 1.65. The van der Waals surface area contributed by atoms with Crippen LogP contribution in [0.3, 0.4) is 0 Å². The average molecular weight is 637 g/mol. The van der Waals surface area contributed by atoms with Crippen molar-refractivity contribution < 1.29 is 28.7 Å². The number of fused-ring (bicyclic) bond motifs is 4. The molecule has 10 nitrogen and oxygen atoms in total. The first-order valence-electron chi connectivity index (χ1n) is 15.1. The van der Waals surface area contributed by atoms with E-state index >= 15 is 0 Å². The van der Waals surface area contributed by atoms with E-state index in [4.69, 9.17) is 9.47 Å². The van der Waals surface area contributed by atoms with Gasteiger partial charge < -0.3 is 19.4 Å². The van der Waals surface area contributed by atoms with Gasteiger partial charge in [-0.3, -0.25) is 19.0 Å². The van der Waals surface area contributed by atoms with Crippen molar-refractivity contribution >= 4 is 56.9 Å². The third kappa shape index (κ3) is 5.05. The fraction of sp³-hybridized carbons (Fsp3) is 0.0789. The number of aromatic nitrogens is 3. The first-order chi connectivity index (χ1) is 23.4. The molecule has 0 spiro atoms. The second-order valence-electron chi connectivity index (χ2n) is 11.0. The van der Waals surface area contributed by atoms with E-state index in [1.807, 2.05) is 66.7 Å². The summed E-state index contributed by atoms with van der Waals surface area (Å²) in [5, 5.41) is 3.78.